The largest absolute Gasteiger partial charge is 0.368 e. The number of aromatic amines is 2. The molecule has 0 spiro atoms. The molecule has 0 fully saturated rings. The third kappa shape index (κ3) is 1.64. The summed E-state index contributed by atoms with van der Waals surface area (Å²) in [5.74, 6) is -0.582. The van der Waals surface area contributed by atoms with Gasteiger partial charge in [0, 0.05) is 6.20 Å². The van der Waals surface area contributed by atoms with Crippen molar-refractivity contribution >= 4 is 16.9 Å². The summed E-state index contributed by atoms with van der Waals surface area (Å²) in [6, 6.07) is 0. The standard InChI is InChI=1S/C7H7N5O3/c8-4(13)2-12-1-3-5(11-12)9-7(15)10-6(3)14/h1H,2H2,(H2,8,13)(H2,9,10,11,14,15). The first-order chi connectivity index (χ1) is 7.06. The number of nitrogens with zero attached hydrogens (tertiary/aromatic N) is 2. The van der Waals surface area contributed by atoms with Gasteiger partial charge in [0.15, 0.2) is 5.65 Å². The Hall–Kier alpha value is -2.38. The van der Waals surface area contributed by atoms with E-state index in [4.69, 9.17) is 5.73 Å². The van der Waals surface area contributed by atoms with Crippen LogP contribution in [0.3, 0.4) is 0 Å². The highest BCUT2D eigenvalue weighted by Crippen LogP contribution is 2.00. The summed E-state index contributed by atoms with van der Waals surface area (Å²) in [6.07, 6.45) is 1.34. The molecule has 15 heavy (non-hydrogen) atoms. The van der Waals surface area contributed by atoms with Gasteiger partial charge in [0.25, 0.3) is 5.56 Å². The number of nitrogens with two attached hydrogens (primary N) is 1. The first-order valence-corrected chi connectivity index (χ1v) is 4.04. The molecule has 2 heterocycles. The smallest absolute Gasteiger partial charge is 0.327 e. The number of hydrogen-bond donors (Lipinski definition) is 3. The van der Waals surface area contributed by atoms with Crippen LogP contribution in [0.5, 0.6) is 0 Å². The van der Waals surface area contributed by atoms with Crippen molar-refractivity contribution in [3.63, 3.8) is 0 Å². The summed E-state index contributed by atoms with van der Waals surface area (Å²) < 4.78 is 1.19. The van der Waals surface area contributed by atoms with E-state index in [-0.39, 0.29) is 17.6 Å². The van der Waals surface area contributed by atoms with E-state index in [0.29, 0.717) is 0 Å². The van der Waals surface area contributed by atoms with Crippen molar-refractivity contribution in [2.45, 2.75) is 6.54 Å². The number of rotatable bonds is 2. The number of amides is 1. The molecule has 2 aromatic rings. The van der Waals surface area contributed by atoms with Gasteiger partial charge in [-0.1, -0.05) is 0 Å². The highest BCUT2D eigenvalue weighted by atomic mass is 16.2. The lowest BCUT2D eigenvalue weighted by Gasteiger charge is -1.92. The van der Waals surface area contributed by atoms with Crippen LogP contribution < -0.4 is 17.0 Å². The molecule has 0 aliphatic carbocycles. The maximum absolute atomic E-state index is 11.3. The monoisotopic (exact) mass is 209 g/mol. The van der Waals surface area contributed by atoms with E-state index in [0.717, 1.165) is 0 Å². The zero-order valence-corrected chi connectivity index (χ0v) is 7.48. The Morgan fingerprint density at radius 2 is 2.20 bits per heavy atom. The van der Waals surface area contributed by atoms with Gasteiger partial charge in [-0.3, -0.25) is 24.2 Å². The maximum atomic E-state index is 11.3. The SMILES string of the molecule is NC(=O)Cn1cc2c(=O)[nH]c(=O)[nH]c2n1. The summed E-state index contributed by atoms with van der Waals surface area (Å²) >= 11 is 0. The summed E-state index contributed by atoms with van der Waals surface area (Å²) in [6.45, 7) is -0.143. The minimum Gasteiger partial charge on any atom is -0.368 e. The zero-order chi connectivity index (χ0) is 11.0. The summed E-state index contributed by atoms with van der Waals surface area (Å²) in [4.78, 5) is 37.1. The molecular formula is C7H7N5O3. The molecule has 8 nitrogen and oxygen atoms in total. The Labute approximate surface area is 81.7 Å². The lowest BCUT2D eigenvalue weighted by atomic mass is 10.4. The molecule has 0 radical (unpaired) electrons. The highest BCUT2D eigenvalue weighted by molar-refractivity contribution is 5.75. The Morgan fingerprint density at radius 1 is 1.47 bits per heavy atom. The lowest BCUT2D eigenvalue weighted by molar-refractivity contribution is -0.118. The fraction of sp³-hybridized carbons (Fsp3) is 0.143. The molecule has 0 saturated heterocycles. The van der Waals surface area contributed by atoms with Gasteiger partial charge in [0.05, 0.1) is 0 Å². The number of fused-ring (bicyclic) bond motifs is 1. The van der Waals surface area contributed by atoms with Crippen LogP contribution in [0.15, 0.2) is 15.8 Å². The molecule has 0 atom stereocenters. The van der Waals surface area contributed by atoms with E-state index in [1.54, 1.807) is 0 Å². The molecule has 2 rings (SSSR count). The van der Waals surface area contributed by atoms with Crippen molar-refractivity contribution < 1.29 is 4.79 Å². The van der Waals surface area contributed by atoms with Gasteiger partial charge in [-0.2, -0.15) is 5.10 Å². The molecular weight excluding hydrogens is 202 g/mol. The fourth-order valence-corrected chi connectivity index (χ4v) is 1.23. The Balaban J connectivity index is 2.65. The Kier molecular flexibility index (Phi) is 1.89. The third-order valence-electron chi connectivity index (χ3n) is 1.78. The second-order valence-corrected chi connectivity index (χ2v) is 2.96. The van der Waals surface area contributed by atoms with E-state index in [2.05, 4.69) is 10.1 Å². The number of primary amides is 1. The zero-order valence-electron chi connectivity index (χ0n) is 7.48. The molecule has 0 saturated carbocycles. The van der Waals surface area contributed by atoms with Crippen molar-refractivity contribution in [2.24, 2.45) is 5.73 Å². The van der Waals surface area contributed by atoms with Crippen LogP contribution in [0.2, 0.25) is 0 Å². The van der Waals surface area contributed by atoms with Crippen LogP contribution in [0.4, 0.5) is 0 Å². The molecule has 0 aromatic carbocycles. The molecule has 8 heteroatoms. The van der Waals surface area contributed by atoms with Crippen LogP contribution >= 0.6 is 0 Å². The van der Waals surface area contributed by atoms with E-state index < -0.39 is 17.2 Å². The molecule has 0 aliphatic heterocycles. The normalized spacial score (nSPS) is 10.7. The quantitative estimate of drug-likeness (QED) is 0.523. The molecule has 1 amide bonds. The third-order valence-corrected chi connectivity index (χ3v) is 1.78. The summed E-state index contributed by atoms with van der Waals surface area (Å²) in [5, 5.41) is 4.02. The first kappa shape index (κ1) is 9.19. The van der Waals surface area contributed by atoms with Crippen molar-refractivity contribution in [3.8, 4) is 0 Å². The first-order valence-electron chi connectivity index (χ1n) is 4.04. The van der Waals surface area contributed by atoms with E-state index >= 15 is 0 Å². The predicted molar refractivity (Wildman–Crippen MR) is 50.2 cm³/mol. The van der Waals surface area contributed by atoms with E-state index in [1.165, 1.54) is 10.9 Å². The number of aromatic nitrogens is 4. The molecule has 4 N–H and O–H groups in total. The van der Waals surface area contributed by atoms with Crippen LogP contribution in [0.25, 0.3) is 11.0 Å². The summed E-state index contributed by atoms with van der Waals surface area (Å²) in [5.41, 5.74) is 3.89. The molecule has 2 aromatic heterocycles. The Bertz CT molecular complexity index is 634. The van der Waals surface area contributed by atoms with E-state index in [1.807, 2.05) is 4.98 Å². The fourth-order valence-electron chi connectivity index (χ4n) is 1.23. The van der Waals surface area contributed by atoms with Crippen molar-refractivity contribution in [1.82, 2.24) is 19.7 Å². The molecule has 78 valence electrons. The Morgan fingerprint density at radius 3 is 2.87 bits per heavy atom. The minimum atomic E-state index is -0.642. The average Bonchev–Trinajstić information content (AvgIpc) is 2.45. The van der Waals surface area contributed by atoms with Gasteiger partial charge in [0.2, 0.25) is 5.91 Å². The summed E-state index contributed by atoms with van der Waals surface area (Å²) in [7, 11) is 0. The van der Waals surface area contributed by atoms with E-state index in [9.17, 15) is 14.4 Å². The van der Waals surface area contributed by atoms with Crippen LogP contribution in [-0.4, -0.2) is 25.7 Å². The second kappa shape index (κ2) is 3.08. The van der Waals surface area contributed by atoms with Crippen LogP contribution in [0.1, 0.15) is 0 Å². The van der Waals surface area contributed by atoms with Crippen LogP contribution in [-0.2, 0) is 11.3 Å². The van der Waals surface area contributed by atoms with Gasteiger partial charge >= 0.3 is 5.69 Å². The molecule has 0 unspecified atom stereocenters. The van der Waals surface area contributed by atoms with Gasteiger partial charge < -0.3 is 5.73 Å². The minimum absolute atomic E-state index is 0.130. The number of nitrogens with one attached hydrogen (secondary N) is 2. The highest BCUT2D eigenvalue weighted by Gasteiger charge is 2.06. The number of carbonyl (C=O) groups excluding carboxylic acids is 1. The molecule has 0 bridgehead atoms. The van der Waals surface area contributed by atoms with Crippen molar-refractivity contribution in [2.75, 3.05) is 0 Å². The number of hydrogen-bond acceptors (Lipinski definition) is 4. The van der Waals surface area contributed by atoms with Gasteiger partial charge in [-0.05, 0) is 0 Å². The van der Waals surface area contributed by atoms with Gasteiger partial charge in [0.1, 0.15) is 11.9 Å². The van der Waals surface area contributed by atoms with Crippen LogP contribution in [0, 0.1) is 0 Å². The topological polar surface area (TPSA) is 127 Å². The predicted octanol–water partition coefficient (Wildman–Crippen LogP) is -2.10. The van der Waals surface area contributed by atoms with Gasteiger partial charge in [-0.25, -0.2) is 4.79 Å². The van der Waals surface area contributed by atoms with Gasteiger partial charge in [-0.15, -0.1) is 0 Å². The maximum Gasteiger partial charge on any atom is 0.327 e. The number of H-pyrrole nitrogens is 2. The lowest BCUT2D eigenvalue weighted by Crippen LogP contribution is -2.21. The van der Waals surface area contributed by atoms with Crippen molar-refractivity contribution in [3.05, 3.63) is 27.0 Å². The average molecular weight is 209 g/mol. The molecule has 0 aliphatic rings. The van der Waals surface area contributed by atoms with Crippen molar-refractivity contribution in [1.29, 1.82) is 0 Å². The second-order valence-electron chi connectivity index (χ2n) is 2.96. The number of carbonyl (C=O) groups is 1.